The van der Waals surface area contributed by atoms with E-state index in [0.29, 0.717) is 0 Å². The van der Waals surface area contributed by atoms with Gasteiger partial charge in [-0.15, -0.1) is 0 Å². The molecule has 0 saturated heterocycles. The quantitative estimate of drug-likeness (QED) is 0.103. The number of hydrogen-bond acceptors (Lipinski definition) is 2. The molecule has 56 heavy (non-hydrogen) atoms. The molecule has 7 rings (SSSR count). The summed E-state index contributed by atoms with van der Waals surface area (Å²) in [5, 5.41) is 0. The standard InChI is InChI=1S/C54H52N2/c1-5-41-16-28-49(29-17-41)55(50-30-18-42(6-2)19-31-50)53-36-24-45(25-37-53)12-14-47-10-9-11-48(40-47)15-13-46-26-38-54(39-27-46)56(51-32-20-43(7-3)21-33-51)52-34-22-44(8-4)23-35-52/h9-40H,5-8H2,1-4H3/b14-12+,15-13+. The fraction of sp³-hybridized carbons (Fsp3) is 0.148. The molecule has 0 unspecified atom stereocenters. The molecule has 0 radical (unpaired) electrons. The number of aryl methyl sites for hydroxylation is 4. The van der Waals surface area contributed by atoms with Gasteiger partial charge >= 0.3 is 0 Å². The predicted octanol–water partition coefficient (Wildman–Crippen LogP) is 15.2. The Morgan fingerprint density at radius 1 is 0.286 bits per heavy atom. The van der Waals surface area contributed by atoms with Gasteiger partial charge in [-0.1, -0.05) is 143 Å². The molecule has 2 heteroatoms. The van der Waals surface area contributed by atoms with Gasteiger partial charge in [0.05, 0.1) is 0 Å². The number of rotatable bonds is 14. The van der Waals surface area contributed by atoms with E-state index in [2.05, 4.69) is 232 Å². The van der Waals surface area contributed by atoms with Gasteiger partial charge in [0.1, 0.15) is 0 Å². The molecule has 0 aliphatic rings. The predicted molar refractivity (Wildman–Crippen MR) is 244 cm³/mol. The Morgan fingerprint density at radius 2 is 0.518 bits per heavy atom. The SMILES string of the molecule is CCc1ccc(N(c2ccc(/C=C/c3cccc(/C=C/c4ccc(N(c5ccc(CC)cc5)c5ccc(CC)cc5)cc4)c3)cc2)c2ccc(CC)cc2)cc1. The van der Waals surface area contributed by atoms with E-state index in [0.717, 1.165) is 70.9 Å². The van der Waals surface area contributed by atoms with Crippen LogP contribution in [0.1, 0.15) is 72.2 Å². The second-order valence-electron chi connectivity index (χ2n) is 14.3. The molecule has 0 spiro atoms. The highest BCUT2D eigenvalue weighted by molar-refractivity contribution is 5.80. The first kappa shape index (κ1) is 37.9. The summed E-state index contributed by atoms with van der Waals surface area (Å²) >= 11 is 0. The van der Waals surface area contributed by atoms with Gasteiger partial charge in [0, 0.05) is 34.1 Å². The molecule has 7 aromatic carbocycles. The van der Waals surface area contributed by atoms with Crippen molar-refractivity contribution in [3.05, 3.63) is 214 Å². The maximum atomic E-state index is 2.34. The van der Waals surface area contributed by atoms with Crippen LogP contribution >= 0.6 is 0 Å². The van der Waals surface area contributed by atoms with Crippen molar-refractivity contribution >= 4 is 58.4 Å². The maximum absolute atomic E-state index is 2.34. The van der Waals surface area contributed by atoms with Gasteiger partial charge in [-0.25, -0.2) is 0 Å². The van der Waals surface area contributed by atoms with Crippen LogP contribution < -0.4 is 9.80 Å². The number of anilines is 6. The van der Waals surface area contributed by atoms with Gasteiger partial charge in [-0.2, -0.15) is 0 Å². The highest BCUT2D eigenvalue weighted by atomic mass is 15.1. The Kier molecular flexibility index (Phi) is 12.4. The maximum Gasteiger partial charge on any atom is 0.0462 e. The topological polar surface area (TPSA) is 6.48 Å². The molecule has 278 valence electrons. The zero-order valence-corrected chi connectivity index (χ0v) is 33.2. The normalized spacial score (nSPS) is 11.4. The zero-order chi connectivity index (χ0) is 38.7. The third kappa shape index (κ3) is 9.28. The van der Waals surface area contributed by atoms with E-state index in [1.807, 2.05) is 0 Å². The lowest BCUT2D eigenvalue weighted by Crippen LogP contribution is -2.10. The van der Waals surface area contributed by atoms with Gasteiger partial charge in [0.2, 0.25) is 0 Å². The summed E-state index contributed by atoms with van der Waals surface area (Å²) in [5.74, 6) is 0. The van der Waals surface area contributed by atoms with Crippen molar-refractivity contribution in [1.82, 2.24) is 0 Å². The lowest BCUT2D eigenvalue weighted by molar-refractivity contribution is 1.13. The van der Waals surface area contributed by atoms with Crippen LogP contribution in [0.3, 0.4) is 0 Å². The van der Waals surface area contributed by atoms with E-state index >= 15 is 0 Å². The molecule has 0 bridgehead atoms. The molecule has 0 aromatic heterocycles. The molecule has 0 aliphatic heterocycles. The minimum Gasteiger partial charge on any atom is -0.311 e. The summed E-state index contributed by atoms with van der Waals surface area (Å²) < 4.78 is 0. The molecule has 0 amide bonds. The van der Waals surface area contributed by atoms with Crippen molar-refractivity contribution in [3.8, 4) is 0 Å². The van der Waals surface area contributed by atoms with Crippen LogP contribution in [0.15, 0.2) is 170 Å². The van der Waals surface area contributed by atoms with Gasteiger partial charge in [0.25, 0.3) is 0 Å². The molecular formula is C54H52N2. The van der Waals surface area contributed by atoms with Gasteiger partial charge in [-0.3, -0.25) is 0 Å². The minimum atomic E-state index is 1.03. The third-order valence-electron chi connectivity index (χ3n) is 10.6. The van der Waals surface area contributed by atoms with Gasteiger partial charge < -0.3 is 9.80 Å². The number of nitrogens with zero attached hydrogens (tertiary/aromatic N) is 2. The smallest absolute Gasteiger partial charge is 0.0462 e. The van der Waals surface area contributed by atoms with E-state index in [1.165, 1.54) is 33.4 Å². The molecule has 0 heterocycles. The lowest BCUT2D eigenvalue weighted by atomic mass is 10.1. The lowest BCUT2D eigenvalue weighted by Gasteiger charge is -2.26. The van der Waals surface area contributed by atoms with Crippen LogP contribution in [-0.4, -0.2) is 0 Å². The fourth-order valence-electron chi connectivity index (χ4n) is 7.04. The van der Waals surface area contributed by atoms with Crippen LogP contribution in [0.5, 0.6) is 0 Å². The van der Waals surface area contributed by atoms with E-state index in [-0.39, 0.29) is 0 Å². The summed E-state index contributed by atoms with van der Waals surface area (Å²) in [7, 11) is 0. The molecule has 2 nitrogen and oxygen atoms in total. The average molecular weight is 729 g/mol. The Bertz CT molecular complexity index is 2080. The molecule has 0 N–H and O–H groups in total. The first-order valence-corrected chi connectivity index (χ1v) is 20.2. The van der Waals surface area contributed by atoms with Crippen LogP contribution in [-0.2, 0) is 25.7 Å². The second kappa shape index (κ2) is 18.3. The van der Waals surface area contributed by atoms with E-state index in [4.69, 9.17) is 0 Å². The summed E-state index contributed by atoms with van der Waals surface area (Å²) in [5.41, 5.74) is 16.9. The highest BCUT2D eigenvalue weighted by Crippen LogP contribution is 2.37. The minimum absolute atomic E-state index is 1.03. The van der Waals surface area contributed by atoms with Crippen molar-refractivity contribution in [2.24, 2.45) is 0 Å². The van der Waals surface area contributed by atoms with E-state index in [9.17, 15) is 0 Å². The molecule has 0 saturated carbocycles. The van der Waals surface area contributed by atoms with Crippen LogP contribution in [0.2, 0.25) is 0 Å². The largest absolute Gasteiger partial charge is 0.311 e. The summed E-state index contributed by atoms with van der Waals surface area (Å²) in [6, 6.07) is 62.0. The summed E-state index contributed by atoms with van der Waals surface area (Å²) in [4.78, 5) is 4.67. The summed E-state index contributed by atoms with van der Waals surface area (Å²) in [6.45, 7) is 8.79. The van der Waals surface area contributed by atoms with Crippen molar-refractivity contribution in [2.45, 2.75) is 53.4 Å². The van der Waals surface area contributed by atoms with Gasteiger partial charge in [0.15, 0.2) is 0 Å². The zero-order valence-electron chi connectivity index (χ0n) is 33.2. The number of hydrogen-bond donors (Lipinski definition) is 0. The van der Waals surface area contributed by atoms with Crippen molar-refractivity contribution in [1.29, 1.82) is 0 Å². The molecule has 7 aromatic rings. The monoisotopic (exact) mass is 728 g/mol. The average Bonchev–Trinajstić information content (AvgIpc) is 3.27. The molecule has 0 atom stereocenters. The number of benzene rings is 7. The van der Waals surface area contributed by atoms with Crippen molar-refractivity contribution in [3.63, 3.8) is 0 Å². The van der Waals surface area contributed by atoms with Crippen LogP contribution in [0.25, 0.3) is 24.3 Å². The van der Waals surface area contributed by atoms with Gasteiger partial charge in [-0.05, 0) is 149 Å². The van der Waals surface area contributed by atoms with Crippen LogP contribution in [0.4, 0.5) is 34.1 Å². The first-order valence-electron chi connectivity index (χ1n) is 20.2. The Labute approximate surface area is 334 Å². The third-order valence-corrected chi connectivity index (χ3v) is 10.6. The van der Waals surface area contributed by atoms with E-state index < -0.39 is 0 Å². The second-order valence-corrected chi connectivity index (χ2v) is 14.3. The van der Waals surface area contributed by atoms with Crippen molar-refractivity contribution < 1.29 is 0 Å². The molecule has 0 fully saturated rings. The first-order chi connectivity index (χ1) is 27.5. The molecular weight excluding hydrogens is 677 g/mol. The Hall–Kier alpha value is -6.38. The van der Waals surface area contributed by atoms with Crippen molar-refractivity contribution in [2.75, 3.05) is 9.80 Å². The highest BCUT2D eigenvalue weighted by Gasteiger charge is 2.14. The van der Waals surface area contributed by atoms with E-state index in [1.54, 1.807) is 0 Å². The Balaban J connectivity index is 1.06. The van der Waals surface area contributed by atoms with Crippen LogP contribution in [0, 0.1) is 0 Å². The molecule has 0 aliphatic carbocycles. The Morgan fingerprint density at radius 3 is 0.768 bits per heavy atom. The summed E-state index contributed by atoms with van der Waals surface area (Å²) in [6.07, 6.45) is 12.9. The fourth-order valence-corrected chi connectivity index (χ4v) is 7.04.